The zero-order valence-corrected chi connectivity index (χ0v) is 11.6. The van der Waals surface area contributed by atoms with Crippen molar-refractivity contribution >= 4 is 5.82 Å². The fraction of sp³-hybridized carbons (Fsp3) is 0.692. The lowest BCUT2D eigenvalue weighted by atomic mass is 9.75. The summed E-state index contributed by atoms with van der Waals surface area (Å²) in [6.07, 6.45) is 7.42. The van der Waals surface area contributed by atoms with E-state index in [0.29, 0.717) is 12.1 Å². The van der Waals surface area contributed by atoms with Crippen molar-refractivity contribution in [2.45, 2.75) is 31.3 Å². The van der Waals surface area contributed by atoms with Crippen molar-refractivity contribution in [3.63, 3.8) is 0 Å². The maximum Gasteiger partial charge on any atom is 0.146 e. The first kappa shape index (κ1) is 13.2. The van der Waals surface area contributed by atoms with Gasteiger partial charge in [-0.25, -0.2) is 4.98 Å². The van der Waals surface area contributed by atoms with Crippen LogP contribution in [0, 0.1) is 0 Å². The molecule has 0 aromatic carbocycles. The number of anilines is 1. The van der Waals surface area contributed by atoms with Crippen LogP contribution in [0.3, 0.4) is 0 Å². The van der Waals surface area contributed by atoms with Crippen LogP contribution in [0.1, 0.15) is 25.0 Å². The molecule has 1 saturated carbocycles. The van der Waals surface area contributed by atoms with Crippen molar-refractivity contribution in [1.29, 1.82) is 0 Å². The second-order valence-electron chi connectivity index (χ2n) is 5.40. The minimum Gasteiger partial charge on any atom is -0.357 e. The van der Waals surface area contributed by atoms with Gasteiger partial charge in [0, 0.05) is 25.7 Å². The van der Waals surface area contributed by atoms with Gasteiger partial charge in [-0.15, -0.1) is 0 Å². The molecule has 1 aromatic heterocycles. The van der Waals surface area contributed by atoms with Gasteiger partial charge < -0.3 is 15.5 Å². The van der Waals surface area contributed by atoms with Crippen molar-refractivity contribution in [2.24, 2.45) is 5.73 Å². The predicted octanol–water partition coefficient (Wildman–Crippen LogP) is 0.856. The smallest absolute Gasteiger partial charge is 0.146 e. The molecule has 0 atom stereocenters. The first-order valence-corrected chi connectivity index (χ1v) is 6.47. The summed E-state index contributed by atoms with van der Waals surface area (Å²) in [5.41, 5.74) is 6.67. The Morgan fingerprint density at radius 1 is 1.22 bits per heavy atom. The molecule has 0 unspecified atom stereocenters. The lowest BCUT2D eigenvalue weighted by Gasteiger charge is -2.49. The van der Waals surface area contributed by atoms with Gasteiger partial charge in [0.05, 0.1) is 18.1 Å². The summed E-state index contributed by atoms with van der Waals surface area (Å²) in [6, 6.07) is 0. The quantitative estimate of drug-likeness (QED) is 0.838. The van der Waals surface area contributed by atoms with Crippen LogP contribution in [0.4, 0.5) is 5.82 Å². The standard InChI is InChI=1S/C13H23N5/c1-17(2)13(5-4-6-13)10-18(3)12-9-15-11(7-14)8-16-12/h8-9H,4-7,10,14H2,1-3H3. The third kappa shape index (κ3) is 2.47. The largest absolute Gasteiger partial charge is 0.357 e. The molecule has 2 N–H and O–H groups in total. The lowest BCUT2D eigenvalue weighted by Crippen LogP contribution is -2.56. The Labute approximate surface area is 109 Å². The normalized spacial score (nSPS) is 17.6. The molecule has 0 aliphatic heterocycles. The monoisotopic (exact) mass is 249 g/mol. The molecule has 1 heterocycles. The molecule has 0 saturated heterocycles. The fourth-order valence-electron chi connectivity index (χ4n) is 2.50. The summed E-state index contributed by atoms with van der Waals surface area (Å²) in [4.78, 5) is 13.2. The minimum atomic E-state index is 0.309. The average Bonchev–Trinajstić information content (AvgIpc) is 2.33. The first-order chi connectivity index (χ1) is 8.57. The van der Waals surface area contributed by atoms with Crippen LogP contribution in [0.2, 0.25) is 0 Å². The van der Waals surface area contributed by atoms with E-state index in [1.807, 2.05) is 6.20 Å². The molecule has 0 bridgehead atoms. The maximum atomic E-state index is 5.53. The Morgan fingerprint density at radius 2 is 1.94 bits per heavy atom. The van der Waals surface area contributed by atoms with E-state index in [4.69, 9.17) is 5.73 Å². The first-order valence-electron chi connectivity index (χ1n) is 6.47. The molecule has 18 heavy (non-hydrogen) atoms. The fourth-order valence-corrected chi connectivity index (χ4v) is 2.50. The van der Waals surface area contributed by atoms with Gasteiger partial charge in [0.2, 0.25) is 0 Å². The van der Waals surface area contributed by atoms with Gasteiger partial charge in [0.1, 0.15) is 5.82 Å². The summed E-state index contributed by atoms with van der Waals surface area (Å²) in [5, 5.41) is 0. The van der Waals surface area contributed by atoms with Crippen LogP contribution in [-0.2, 0) is 6.54 Å². The molecule has 1 aliphatic carbocycles. The van der Waals surface area contributed by atoms with E-state index in [9.17, 15) is 0 Å². The zero-order chi connectivity index (χ0) is 13.2. The van der Waals surface area contributed by atoms with E-state index in [2.05, 4.69) is 40.9 Å². The van der Waals surface area contributed by atoms with E-state index in [0.717, 1.165) is 18.1 Å². The van der Waals surface area contributed by atoms with Crippen LogP contribution in [-0.4, -0.2) is 48.1 Å². The van der Waals surface area contributed by atoms with E-state index in [-0.39, 0.29) is 0 Å². The highest BCUT2D eigenvalue weighted by Gasteiger charge is 2.40. The van der Waals surface area contributed by atoms with Gasteiger partial charge in [0.25, 0.3) is 0 Å². The second kappa shape index (κ2) is 5.20. The Hall–Kier alpha value is -1.20. The Balaban J connectivity index is 2.04. The molecule has 5 nitrogen and oxygen atoms in total. The molecule has 1 aliphatic rings. The number of nitrogens with two attached hydrogens (primary N) is 1. The molecule has 100 valence electrons. The number of nitrogens with zero attached hydrogens (tertiary/aromatic N) is 4. The molecule has 0 radical (unpaired) electrons. The Morgan fingerprint density at radius 3 is 2.33 bits per heavy atom. The summed E-state index contributed by atoms with van der Waals surface area (Å²) >= 11 is 0. The SMILES string of the molecule is CN(CC1(N(C)C)CCC1)c1cnc(CN)cn1. The number of aromatic nitrogens is 2. The lowest BCUT2D eigenvalue weighted by molar-refractivity contribution is 0.0681. The number of hydrogen-bond donors (Lipinski definition) is 1. The van der Waals surface area contributed by atoms with Crippen LogP contribution < -0.4 is 10.6 Å². The van der Waals surface area contributed by atoms with Gasteiger partial charge in [-0.1, -0.05) is 0 Å². The molecule has 5 heteroatoms. The average molecular weight is 249 g/mol. The third-order valence-corrected chi connectivity index (χ3v) is 4.06. The van der Waals surface area contributed by atoms with E-state index in [1.165, 1.54) is 19.3 Å². The summed E-state index contributed by atoms with van der Waals surface area (Å²) in [5.74, 6) is 0.917. The summed E-state index contributed by atoms with van der Waals surface area (Å²) in [7, 11) is 6.40. The zero-order valence-electron chi connectivity index (χ0n) is 11.6. The Bertz CT molecular complexity index is 383. The highest BCUT2D eigenvalue weighted by molar-refractivity contribution is 5.35. The van der Waals surface area contributed by atoms with Crippen molar-refractivity contribution < 1.29 is 0 Å². The summed E-state index contributed by atoms with van der Waals surface area (Å²) < 4.78 is 0. The molecule has 0 amide bonds. The van der Waals surface area contributed by atoms with Crippen LogP contribution in [0.5, 0.6) is 0 Å². The molecule has 1 fully saturated rings. The van der Waals surface area contributed by atoms with Crippen molar-refractivity contribution in [2.75, 3.05) is 32.6 Å². The van der Waals surface area contributed by atoms with Crippen molar-refractivity contribution in [3.8, 4) is 0 Å². The van der Waals surface area contributed by atoms with Gasteiger partial charge in [-0.3, -0.25) is 4.98 Å². The number of hydrogen-bond acceptors (Lipinski definition) is 5. The topological polar surface area (TPSA) is 58.3 Å². The van der Waals surface area contributed by atoms with E-state index in [1.54, 1.807) is 6.20 Å². The van der Waals surface area contributed by atoms with Crippen molar-refractivity contribution in [1.82, 2.24) is 14.9 Å². The van der Waals surface area contributed by atoms with Gasteiger partial charge in [0.15, 0.2) is 0 Å². The number of likely N-dealkylation sites (N-methyl/N-ethyl adjacent to an activating group) is 2. The van der Waals surface area contributed by atoms with Gasteiger partial charge >= 0.3 is 0 Å². The highest BCUT2D eigenvalue weighted by atomic mass is 15.3. The minimum absolute atomic E-state index is 0.309. The molecular weight excluding hydrogens is 226 g/mol. The molecule has 1 aromatic rings. The van der Waals surface area contributed by atoms with E-state index < -0.39 is 0 Å². The molecular formula is C13H23N5. The van der Waals surface area contributed by atoms with E-state index >= 15 is 0 Å². The van der Waals surface area contributed by atoms with Crippen LogP contribution >= 0.6 is 0 Å². The summed E-state index contributed by atoms with van der Waals surface area (Å²) in [6.45, 7) is 1.44. The molecule has 0 spiro atoms. The van der Waals surface area contributed by atoms with Gasteiger partial charge in [-0.05, 0) is 33.4 Å². The van der Waals surface area contributed by atoms with Crippen LogP contribution in [0.25, 0.3) is 0 Å². The van der Waals surface area contributed by atoms with Crippen LogP contribution in [0.15, 0.2) is 12.4 Å². The second-order valence-corrected chi connectivity index (χ2v) is 5.40. The third-order valence-electron chi connectivity index (χ3n) is 4.06. The number of rotatable bonds is 5. The van der Waals surface area contributed by atoms with Crippen molar-refractivity contribution in [3.05, 3.63) is 18.1 Å². The maximum absolute atomic E-state index is 5.53. The Kier molecular flexibility index (Phi) is 3.82. The van der Waals surface area contributed by atoms with Gasteiger partial charge in [-0.2, -0.15) is 0 Å². The molecule has 2 rings (SSSR count). The highest BCUT2D eigenvalue weighted by Crippen LogP contribution is 2.37. The predicted molar refractivity (Wildman–Crippen MR) is 73.5 cm³/mol.